The molecule has 0 atom stereocenters. The predicted octanol–water partition coefficient (Wildman–Crippen LogP) is 2.40. The molecule has 0 spiro atoms. The van der Waals surface area contributed by atoms with Crippen LogP contribution in [0.2, 0.25) is 0 Å². The SMILES string of the molecule is Cl.c1cc2cocc2cc1CC1=NCCN1. The Morgan fingerprint density at radius 2 is 2.12 bits per heavy atom. The molecule has 0 aliphatic carbocycles. The van der Waals surface area contributed by atoms with Gasteiger partial charge in [0, 0.05) is 23.7 Å². The summed E-state index contributed by atoms with van der Waals surface area (Å²) in [5.74, 6) is 1.10. The van der Waals surface area contributed by atoms with Gasteiger partial charge >= 0.3 is 0 Å². The van der Waals surface area contributed by atoms with Gasteiger partial charge in [-0.2, -0.15) is 0 Å². The van der Waals surface area contributed by atoms with Crippen molar-refractivity contribution in [2.45, 2.75) is 6.42 Å². The second kappa shape index (κ2) is 4.58. The van der Waals surface area contributed by atoms with Crippen LogP contribution < -0.4 is 5.32 Å². The zero-order chi connectivity index (χ0) is 10.1. The number of hydrogen-bond donors (Lipinski definition) is 1. The summed E-state index contributed by atoms with van der Waals surface area (Å²) in [6.45, 7) is 1.88. The Balaban J connectivity index is 0.000000963. The van der Waals surface area contributed by atoms with E-state index >= 15 is 0 Å². The van der Waals surface area contributed by atoms with Gasteiger partial charge in [0.25, 0.3) is 0 Å². The highest BCUT2D eigenvalue weighted by atomic mass is 35.5. The van der Waals surface area contributed by atoms with Crippen molar-refractivity contribution in [1.29, 1.82) is 0 Å². The van der Waals surface area contributed by atoms with Crippen LogP contribution in [0.25, 0.3) is 10.8 Å². The largest absolute Gasteiger partial charge is 0.471 e. The van der Waals surface area contributed by atoms with E-state index in [0.29, 0.717) is 0 Å². The molecule has 1 aliphatic rings. The molecule has 0 bridgehead atoms. The summed E-state index contributed by atoms with van der Waals surface area (Å²) in [5, 5.41) is 5.58. The number of fused-ring (bicyclic) bond motifs is 1. The molecule has 4 heteroatoms. The number of amidine groups is 1. The van der Waals surface area contributed by atoms with Crippen molar-refractivity contribution in [2.24, 2.45) is 4.99 Å². The Labute approximate surface area is 100.0 Å². The number of aliphatic imine (C=N–C) groups is 1. The predicted molar refractivity (Wildman–Crippen MR) is 67.5 cm³/mol. The van der Waals surface area contributed by atoms with Crippen LogP contribution in [-0.4, -0.2) is 18.9 Å². The van der Waals surface area contributed by atoms with Crippen molar-refractivity contribution in [3.8, 4) is 0 Å². The topological polar surface area (TPSA) is 37.5 Å². The fourth-order valence-electron chi connectivity index (χ4n) is 1.88. The zero-order valence-electron chi connectivity index (χ0n) is 8.77. The fourth-order valence-corrected chi connectivity index (χ4v) is 1.88. The van der Waals surface area contributed by atoms with E-state index in [9.17, 15) is 0 Å². The van der Waals surface area contributed by atoms with Gasteiger partial charge in [0.1, 0.15) is 5.84 Å². The van der Waals surface area contributed by atoms with Crippen molar-refractivity contribution in [3.63, 3.8) is 0 Å². The Bertz CT molecular complexity index is 518. The molecular weight excluding hydrogens is 224 g/mol. The standard InChI is InChI=1S/C12H12N2O.ClH/c1-2-10-7-15-8-11(10)5-9(1)6-12-13-3-4-14-12;/h1-2,5,7-8H,3-4,6H2,(H,13,14);1H. The summed E-state index contributed by atoms with van der Waals surface area (Å²) in [5.41, 5.74) is 1.28. The van der Waals surface area contributed by atoms with Crippen molar-refractivity contribution in [1.82, 2.24) is 5.32 Å². The second-order valence-electron chi connectivity index (χ2n) is 3.77. The molecule has 16 heavy (non-hydrogen) atoms. The molecule has 3 nitrogen and oxygen atoms in total. The maximum absolute atomic E-state index is 5.14. The lowest BCUT2D eigenvalue weighted by molar-refractivity contribution is 0.572. The number of benzene rings is 1. The van der Waals surface area contributed by atoms with Gasteiger partial charge in [0.2, 0.25) is 0 Å². The Morgan fingerprint density at radius 3 is 2.94 bits per heavy atom. The molecule has 2 aromatic rings. The average Bonchev–Trinajstić information content (AvgIpc) is 2.87. The number of nitrogens with one attached hydrogen (secondary N) is 1. The van der Waals surface area contributed by atoms with Crippen LogP contribution >= 0.6 is 12.4 Å². The van der Waals surface area contributed by atoms with E-state index in [-0.39, 0.29) is 12.4 Å². The molecule has 1 aliphatic heterocycles. The smallest absolute Gasteiger partial charge is 0.101 e. The summed E-state index contributed by atoms with van der Waals surface area (Å²) < 4.78 is 5.14. The van der Waals surface area contributed by atoms with Crippen molar-refractivity contribution >= 4 is 29.0 Å². The number of furan rings is 1. The van der Waals surface area contributed by atoms with Crippen LogP contribution in [0, 0.1) is 0 Å². The van der Waals surface area contributed by atoms with Gasteiger partial charge in [-0.25, -0.2) is 0 Å². The Hall–Kier alpha value is -1.48. The van der Waals surface area contributed by atoms with Gasteiger partial charge < -0.3 is 9.73 Å². The maximum atomic E-state index is 5.14. The summed E-state index contributed by atoms with van der Waals surface area (Å²) in [6.07, 6.45) is 4.44. The molecule has 1 N–H and O–H groups in total. The molecular formula is C12H13ClN2O. The highest BCUT2D eigenvalue weighted by Gasteiger charge is 2.06. The molecule has 0 saturated carbocycles. The van der Waals surface area contributed by atoms with E-state index in [0.717, 1.165) is 36.1 Å². The zero-order valence-corrected chi connectivity index (χ0v) is 9.59. The fraction of sp³-hybridized carbons (Fsp3) is 0.250. The van der Waals surface area contributed by atoms with Crippen LogP contribution in [0.4, 0.5) is 0 Å². The normalized spacial score (nSPS) is 14.4. The van der Waals surface area contributed by atoms with E-state index in [1.54, 1.807) is 12.5 Å². The van der Waals surface area contributed by atoms with Gasteiger partial charge in [-0.05, 0) is 11.6 Å². The quantitative estimate of drug-likeness (QED) is 0.870. The first-order valence-corrected chi connectivity index (χ1v) is 5.14. The molecule has 2 heterocycles. The maximum Gasteiger partial charge on any atom is 0.101 e. The van der Waals surface area contributed by atoms with Gasteiger partial charge in [-0.1, -0.05) is 12.1 Å². The lowest BCUT2D eigenvalue weighted by Crippen LogP contribution is -2.20. The molecule has 84 valence electrons. The van der Waals surface area contributed by atoms with Crippen molar-refractivity contribution in [3.05, 3.63) is 36.3 Å². The Morgan fingerprint density at radius 1 is 1.25 bits per heavy atom. The van der Waals surface area contributed by atoms with Crippen LogP contribution in [0.5, 0.6) is 0 Å². The van der Waals surface area contributed by atoms with Gasteiger partial charge in [-0.3, -0.25) is 4.99 Å². The number of hydrogen-bond acceptors (Lipinski definition) is 3. The number of nitrogens with zero attached hydrogens (tertiary/aromatic N) is 1. The van der Waals surface area contributed by atoms with Crippen LogP contribution in [0.1, 0.15) is 5.56 Å². The minimum absolute atomic E-state index is 0. The Kier molecular flexibility index (Phi) is 3.15. The van der Waals surface area contributed by atoms with E-state index in [4.69, 9.17) is 4.42 Å². The molecule has 1 aromatic heterocycles. The summed E-state index contributed by atoms with van der Waals surface area (Å²) in [6, 6.07) is 6.37. The molecule has 0 fully saturated rings. The van der Waals surface area contributed by atoms with E-state index < -0.39 is 0 Å². The van der Waals surface area contributed by atoms with E-state index in [1.165, 1.54) is 5.56 Å². The van der Waals surface area contributed by atoms with E-state index in [1.807, 2.05) is 0 Å². The van der Waals surface area contributed by atoms with Crippen molar-refractivity contribution in [2.75, 3.05) is 13.1 Å². The third-order valence-electron chi connectivity index (χ3n) is 2.66. The van der Waals surface area contributed by atoms with Crippen LogP contribution in [0.3, 0.4) is 0 Å². The first-order valence-electron chi connectivity index (χ1n) is 5.14. The highest BCUT2D eigenvalue weighted by Crippen LogP contribution is 2.17. The molecule has 3 rings (SSSR count). The minimum atomic E-state index is 0. The molecule has 0 saturated heterocycles. The lowest BCUT2D eigenvalue weighted by atomic mass is 10.1. The van der Waals surface area contributed by atoms with Crippen LogP contribution in [-0.2, 0) is 6.42 Å². The lowest BCUT2D eigenvalue weighted by Gasteiger charge is -2.02. The number of rotatable bonds is 2. The first kappa shape index (κ1) is 11.0. The van der Waals surface area contributed by atoms with Gasteiger partial charge in [0.05, 0.1) is 19.1 Å². The first-order chi connectivity index (χ1) is 7.42. The minimum Gasteiger partial charge on any atom is -0.471 e. The number of halogens is 1. The van der Waals surface area contributed by atoms with Crippen LogP contribution in [0.15, 0.2) is 40.1 Å². The monoisotopic (exact) mass is 236 g/mol. The highest BCUT2D eigenvalue weighted by molar-refractivity contribution is 5.88. The molecule has 0 radical (unpaired) electrons. The second-order valence-corrected chi connectivity index (χ2v) is 3.77. The van der Waals surface area contributed by atoms with E-state index in [2.05, 4.69) is 28.5 Å². The van der Waals surface area contributed by atoms with Gasteiger partial charge in [0.15, 0.2) is 0 Å². The third-order valence-corrected chi connectivity index (χ3v) is 2.66. The van der Waals surface area contributed by atoms with Crippen molar-refractivity contribution < 1.29 is 4.42 Å². The molecule has 0 unspecified atom stereocenters. The molecule has 1 aromatic carbocycles. The average molecular weight is 237 g/mol. The summed E-state index contributed by atoms with van der Waals surface area (Å²) in [7, 11) is 0. The van der Waals surface area contributed by atoms with Gasteiger partial charge in [-0.15, -0.1) is 12.4 Å². The third kappa shape index (κ3) is 2.04. The molecule has 0 amide bonds. The summed E-state index contributed by atoms with van der Waals surface area (Å²) in [4.78, 5) is 4.38. The summed E-state index contributed by atoms with van der Waals surface area (Å²) >= 11 is 0.